The van der Waals surface area contributed by atoms with Gasteiger partial charge in [0.25, 0.3) is 0 Å². The molecule has 0 aliphatic heterocycles. The molecule has 0 aliphatic rings. The molecule has 104 valence electrons. The number of hydrogen-bond donors (Lipinski definition) is 2. The second kappa shape index (κ2) is 6.07. The largest absolute Gasteiger partial charge is 0.440 e. The van der Waals surface area contributed by atoms with E-state index in [2.05, 4.69) is 10.1 Å². The van der Waals surface area contributed by atoms with Crippen molar-refractivity contribution in [2.75, 3.05) is 6.61 Å². The molecule has 1 aromatic rings. The molecule has 19 heavy (non-hydrogen) atoms. The molecule has 0 spiro atoms. The van der Waals surface area contributed by atoms with Gasteiger partial charge in [0.2, 0.25) is 5.91 Å². The molecule has 8 heteroatoms. The Morgan fingerprint density at radius 3 is 2.58 bits per heavy atom. The first-order chi connectivity index (χ1) is 8.78. The smallest absolute Gasteiger partial charge is 0.422 e. The number of nitrogens with two attached hydrogens (primary N) is 1. The van der Waals surface area contributed by atoms with Crippen molar-refractivity contribution >= 4 is 12.0 Å². The maximum Gasteiger partial charge on any atom is 0.422 e. The molecule has 0 radical (unpaired) electrons. The molecule has 0 saturated heterocycles. The Kier molecular flexibility index (Phi) is 4.74. The number of carbonyl (C=O) groups is 2. The van der Waals surface area contributed by atoms with Gasteiger partial charge in [0.05, 0.1) is 0 Å². The summed E-state index contributed by atoms with van der Waals surface area (Å²) in [6.45, 7) is -1.72. The van der Waals surface area contributed by atoms with Crippen LogP contribution in [0.25, 0.3) is 0 Å². The van der Waals surface area contributed by atoms with Crippen molar-refractivity contribution in [3.63, 3.8) is 0 Å². The molecule has 0 atom stereocenters. The summed E-state index contributed by atoms with van der Waals surface area (Å²) in [5.41, 5.74) is 5.81. The second-order valence-electron chi connectivity index (χ2n) is 3.61. The summed E-state index contributed by atoms with van der Waals surface area (Å²) < 4.78 is 39.2. The molecule has 0 unspecified atom stereocenters. The minimum Gasteiger partial charge on any atom is -0.440 e. The monoisotopic (exact) mass is 276 g/mol. The predicted octanol–water partition coefficient (Wildman–Crippen LogP) is 1.57. The normalized spacial score (nSPS) is 10.9. The van der Waals surface area contributed by atoms with Crippen molar-refractivity contribution in [3.8, 4) is 0 Å². The number of primary amides is 1. The number of amides is 2. The van der Waals surface area contributed by atoms with Crippen molar-refractivity contribution < 1.29 is 27.5 Å². The number of alkyl carbamates (subject to hydrolysis) is 1. The van der Waals surface area contributed by atoms with Crippen LogP contribution in [0.4, 0.5) is 18.0 Å². The van der Waals surface area contributed by atoms with Crippen LogP contribution in [0.5, 0.6) is 0 Å². The van der Waals surface area contributed by atoms with Crippen molar-refractivity contribution in [3.05, 3.63) is 35.4 Å². The van der Waals surface area contributed by atoms with Crippen molar-refractivity contribution in [1.82, 2.24) is 5.32 Å². The summed E-state index contributed by atoms with van der Waals surface area (Å²) in [6, 6.07) is 6.02. The highest BCUT2D eigenvalue weighted by molar-refractivity contribution is 5.92. The number of rotatable bonds is 4. The quantitative estimate of drug-likeness (QED) is 0.875. The van der Waals surface area contributed by atoms with Gasteiger partial charge in [-0.15, -0.1) is 0 Å². The topological polar surface area (TPSA) is 81.4 Å². The lowest BCUT2D eigenvalue weighted by molar-refractivity contribution is -0.160. The third-order valence-corrected chi connectivity index (χ3v) is 2.02. The van der Waals surface area contributed by atoms with Crippen LogP contribution in [0, 0.1) is 0 Å². The van der Waals surface area contributed by atoms with Gasteiger partial charge in [-0.1, -0.05) is 12.1 Å². The molecule has 0 aromatic heterocycles. The lowest BCUT2D eigenvalue weighted by Crippen LogP contribution is -2.28. The van der Waals surface area contributed by atoms with Gasteiger partial charge in [-0.3, -0.25) is 4.79 Å². The van der Waals surface area contributed by atoms with E-state index in [0.29, 0.717) is 5.56 Å². The molecule has 5 nitrogen and oxygen atoms in total. The third kappa shape index (κ3) is 5.75. The van der Waals surface area contributed by atoms with E-state index < -0.39 is 24.8 Å². The highest BCUT2D eigenvalue weighted by Gasteiger charge is 2.29. The number of alkyl halides is 3. The number of benzene rings is 1. The molecule has 0 bridgehead atoms. The molecular weight excluding hydrogens is 265 g/mol. The summed E-state index contributed by atoms with van der Waals surface area (Å²) in [4.78, 5) is 21.8. The summed E-state index contributed by atoms with van der Waals surface area (Å²) in [6.07, 6.45) is -5.76. The molecule has 0 saturated carbocycles. The van der Waals surface area contributed by atoms with E-state index in [1.54, 1.807) is 6.07 Å². The van der Waals surface area contributed by atoms with Crippen molar-refractivity contribution in [2.24, 2.45) is 5.73 Å². The Hall–Kier alpha value is -2.25. The maximum absolute atomic E-state index is 11.8. The minimum atomic E-state index is -4.57. The van der Waals surface area contributed by atoms with Gasteiger partial charge in [0, 0.05) is 12.1 Å². The van der Waals surface area contributed by atoms with Gasteiger partial charge in [0.1, 0.15) is 0 Å². The standard InChI is InChI=1S/C11H11F3N2O3/c12-11(13,14)6-19-10(18)16-5-7-2-1-3-8(4-7)9(15)17/h1-4H,5-6H2,(H2,15,17)(H,16,18). The lowest BCUT2D eigenvalue weighted by Gasteiger charge is -2.09. The summed E-state index contributed by atoms with van der Waals surface area (Å²) >= 11 is 0. The van der Waals surface area contributed by atoms with E-state index >= 15 is 0 Å². The van der Waals surface area contributed by atoms with E-state index in [1.165, 1.54) is 18.2 Å². The third-order valence-electron chi connectivity index (χ3n) is 2.02. The maximum atomic E-state index is 11.8. The zero-order valence-corrected chi connectivity index (χ0v) is 9.66. The van der Waals surface area contributed by atoms with E-state index in [4.69, 9.17) is 5.73 Å². The molecule has 1 aromatic carbocycles. The summed E-state index contributed by atoms with van der Waals surface area (Å²) in [5.74, 6) is -0.638. The molecule has 2 amide bonds. The Bertz CT molecular complexity index is 474. The number of halogens is 3. The number of hydrogen-bond acceptors (Lipinski definition) is 3. The fraction of sp³-hybridized carbons (Fsp3) is 0.273. The van der Waals surface area contributed by atoms with Crippen LogP contribution in [0.15, 0.2) is 24.3 Å². The van der Waals surface area contributed by atoms with Crippen LogP contribution >= 0.6 is 0 Å². The van der Waals surface area contributed by atoms with Crippen LogP contribution in [0.1, 0.15) is 15.9 Å². The highest BCUT2D eigenvalue weighted by Crippen LogP contribution is 2.14. The van der Waals surface area contributed by atoms with Gasteiger partial charge in [-0.25, -0.2) is 4.79 Å². The highest BCUT2D eigenvalue weighted by atomic mass is 19.4. The van der Waals surface area contributed by atoms with E-state index in [0.717, 1.165) is 0 Å². The first-order valence-corrected chi connectivity index (χ1v) is 5.14. The van der Waals surface area contributed by atoms with Crippen LogP contribution in [0.3, 0.4) is 0 Å². The van der Waals surface area contributed by atoms with Gasteiger partial charge < -0.3 is 15.8 Å². The fourth-order valence-corrected chi connectivity index (χ4v) is 1.21. The van der Waals surface area contributed by atoms with Gasteiger partial charge in [-0.2, -0.15) is 13.2 Å². The molecular formula is C11H11F3N2O3. The van der Waals surface area contributed by atoms with Crippen LogP contribution in [0.2, 0.25) is 0 Å². The Morgan fingerprint density at radius 2 is 2.00 bits per heavy atom. The molecule has 0 heterocycles. The fourth-order valence-electron chi connectivity index (χ4n) is 1.21. The van der Waals surface area contributed by atoms with Crippen LogP contribution in [-0.2, 0) is 11.3 Å². The Morgan fingerprint density at radius 1 is 1.32 bits per heavy atom. The van der Waals surface area contributed by atoms with Crippen molar-refractivity contribution in [1.29, 1.82) is 0 Å². The van der Waals surface area contributed by atoms with Gasteiger partial charge >= 0.3 is 12.3 Å². The second-order valence-corrected chi connectivity index (χ2v) is 3.61. The van der Waals surface area contributed by atoms with Gasteiger partial charge in [-0.05, 0) is 17.7 Å². The average Bonchev–Trinajstić information content (AvgIpc) is 2.33. The Labute approximate surface area is 106 Å². The van der Waals surface area contributed by atoms with Crippen molar-refractivity contribution in [2.45, 2.75) is 12.7 Å². The number of nitrogens with one attached hydrogen (secondary N) is 1. The summed E-state index contributed by atoms with van der Waals surface area (Å²) in [5, 5.41) is 2.12. The number of carbonyl (C=O) groups excluding carboxylic acids is 2. The van der Waals surface area contributed by atoms with E-state index in [-0.39, 0.29) is 12.1 Å². The molecule has 3 N–H and O–H groups in total. The SMILES string of the molecule is NC(=O)c1cccc(CNC(=O)OCC(F)(F)F)c1. The number of ether oxygens (including phenoxy) is 1. The van der Waals surface area contributed by atoms with E-state index in [9.17, 15) is 22.8 Å². The molecule has 0 aliphatic carbocycles. The minimum absolute atomic E-state index is 0.0716. The van der Waals surface area contributed by atoms with Gasteiger partial charge in [0.15, 0.2) is 6.61 Å². The first kappa shape index (κ1) is 14.8. The van der Waals surface area contributed by atoms with Crippen LogP contribution < -0.4 is 11.1 Å². The first-order valence-electron chi connectivity index (χ1n) is 5.14. The molecule has 1 rings (SSSR count). The predicted molar refractivity (Wildman–Crippen MR) is 59.2 cm³/mol. The lowest BCUT2D eigenvalue weighted by atomic mass is 10.1. The van der Waals surface area contributed by atoms with E-state index in [1.807, 2.05) is 0 Å². The molecule has 0 fully saturated rings. The zero-order valence-electron chi connectivity index (χ0n) is 9.66. The zero-order chi connectivity index (χ0) is 14.5. The average molecular weight is 276 g/mol. The van der Waals surface area contributed by atoms with Crippen LogP contribution in [-0.4, -0.2) is 24.8 Å². The summed E-state index contributed by atoms with van der Waals surface area (Å²) in [7, 11) is 0. The Balaban J connectivity index is 2.46.